The molecule has 0 saturated heterocycles. The molecule has 0 spiro atoms. The molecule has 0 rings (SSSR count). The summed E-state index contributed by atoms with van der Waals surface area (Å²) >= 11 is 0. The minimum absolute atomic E-state index is 1.10. The highest BCUT2D eigenvalue weighted by molar-refractivity contribution is 7.87. The van der Waals surface area contributed by atoms with Crippen LogP contribution in [-0.2, 0) is 19.9 Å². The third kappa shape index (κ3) is 4.24. The van der Waals surface area contributed by atoms with E-state index in [1.165, 1.54) is 4.74 Å². The van der Waals surface area contributed by atoms with Crippen LogP contribution in [0.25, 0.3) is 0 Å². The minimum Gasteiger partial charge on any atom is -0.262 e. The van der Waals surface area contributed by atoms with Gasteiger partial charge < -0.3 is 0 Å². The summed E-state index contributed by atoms with van der Waals surface area (Å²) in [7, 11) is -7.75. The molecule has 0 aliphatic heterocycles. The van der Waals surface area contributed by atoms with Gasteiger partial charge in [-0.2, -0.15) is 52.3 Å². The van der Waals surface area contributed by atoms with Gasteiger partial charge in [-0.05, 0) is 4.53 Å². The maximum atomic E-state index is 12.9. The van der Waals surface area contributed by atoms with Crippen LogP contribution < -0.4 is 0 Å². The Labute approximate surface area is 124 Å². The lowest BCUT2D eigenvalue weighted by Gasteiger charge is -2.35. The molecule has 0 heterocycles. The Bertz CT molecular complexity index is 528. The SMILES string of the molecule is C=C.O=S(=O)(F)C(F)(F)C(F)(F)OC(F)(C(F)(F)F)C(F)(F)OF. The Morgan fingerprint density at radius 3 is 1.29 bits per heavy atom. The van der Waals surface area contributed by atoms with Gasteiger partial charge in [0.15, 0.2) is 0 Å². The monoisotopic (exact) mass is 412 g/mol. The van der Waals surface area contributed by atoms with Crippen LogP contribution in [0.5, 0.6) is 0 Å². The maximum Gasteiger partial charge on any atom is 0.464 e. The highest BCUT2D eigenvalue weighted by Crippen LogP contribution is 2.53. The lowest BCUT2D eigenvalue weighted by Crippen LogP contribution is -2.63. The number of hydrogen-bond acceptors (Lipinski definition) is 4. The van der Waals surface area contributed by atoms with Crippen molar-refractivity contribution in [1.82, 2.24) is 0 Å². The molecule has 0 radical (unpaired) electrons. The van der Waals surface area contributed by atoms with Gasteiger partial charge in [0.25, 0.3) is 0 Å². The van der Waals surface area contributed by atoms with Gasteiger partial charge in [-0.25, -0.2) is 0 Å². The van der Waals surface area contributed by atoms with Gasteiger partial charge in [-0.3, -0.25) is 4.74 Å². The average molecular weight is 412 g/mol. The van der Waals surface area contributed by atoms with E-state index in [0.29, 0.717) is 0 Å². The molecule has 1 atom stereocenters. The van der Waals surface area contributed by atoms with E-state index in [9.17, 15) is 60.7 Å². The molecule has 0 amide bonds. The van der Waals surface area contributed by atoms with E-state index in [-0.39, 0.29) is 0 Å². The highest BCUT2D eigenvalue weighted by Gasteiger charge is 2.82. The fraction of sp³-hybridized carbons (Fsp3) is 0.714. The van der Waals surface area contributed by atoms with Gasteiger partial charge in [0.05, 0.1) is 0 Å². The van der Waals surface area contributed by atoms with Crippen LogP contribution >= 0.6 is 0 Å². The van der Waals surface area contributed by atoms with Crippen molar-refractivity contribution in [3.63, 3.8) is 0 Å². The largest absolute Gasteiger partial charge is 0.464 e. The molecule has 0 fully saturated rings. The van der Waals surface area contributed by atoms with Crippen LogP contribution in [0.4, 0.5) is 52.3 Å². The van der Waals surface area contributed by atoms with Crippen molar-refractivity contribution in [3.8, 4) is 0 Å². The van der Waals surface area contributed by atoms with Gasteiger partial charge in [-0.15, -0.1) is 18.1 Å². The van der Waals surface area contributed by atoms with Crippen molar-refractivity contribution in [2.75, 3.05) is 0 Å². The van der Waals surface area contributed by atoms with Gasteiger partial charge in [0, 0.05) is 0 Å². The Kier molecular flexibility index (Phi) is 7.24. The predicted octanol–water partition coefficient (Wildman–Crippen LogP) is 4.01. The van der Waals surface area contributed by atoms with Crippen molar-refractivity contribution in [2.24, 2.45) is 0 Å². The summed E-state index contributed by atoms with van der Waals surface area (Å²) < 4.78 is 167. The number of hydrogen-bond donors (Lipinski definition) is 0. The summed E-state index contributed by atoms with van der Waals surface area (Å²) in [6, 6.07) is 0. The van der Waals surface area contributed by atoms with E-state index in [0.717, 1.165) is 4.94 Å². The van der Waals surface area contributed by atoms with E-state index < -0.39 is 39.7 Å². The van der Waals surface area contributed by atoms with E-state index in [1.807, 2.05) is 0 Å². The predicted molar refractivity (Wildman–Crippen MR) is 49.3 cm³/mol. The molecular formula is C7H4F12O4S. The third-order valence-electron chi connectivity index (χ3n) is 1.75. The van der Waals surface area contributed by atoms with Gasteiger partial charge >= 0.3 is 39.7 Å². The molecule has 0 saturated carbocycles. The molecule has 146 valence electrons. The molecular weight excluding hydrogens is 408 g/mol. The Morgan fingerprint density at radius 2 is 1.08 bits per heavy atom. The van der Waals surface area contributed by atoms with Crippen molar-refractivity contribution >= 4 is 10.2 Å². The van der Waals surface area contributed by atoms with Crippen molar-refractivity contribution in [2.45, 2.75) is 29.5 Å². The quantitative estimate of drug-likeness (QED) is 0.376. The second kappa shape index (κ2) is 6.95. The summed E-state index contributed by atoms with van der Waals surface area (Å²) in [4.78, 5) is 1.10. The molecule has 24 heavy (non-hydrogen) atoms. The zero-order valence-corrected chi connectivity index (χ0v) is 11.3. The molecule has 0 aromatic carbocycles. The maximum absolute atomic E-state index is 12.9. The zero-order chi connectivity index (χ0) is 20.4. The molecule has 0 N–H and O–H groups in total. The first-order valence-corrected chi connectivity index (χ1v) is 5.98. The average Bonchev–Trinajstić information content (AvgIpc) is 2.37. The van der Waals surface area contributed by atoms with Gasteiger partial charge in [0.2, 0.25) is 0 Å². The van der Waals surface area contributed by atoms with Gasteiger partial charge in [0.1, 0.15) is 0 Å². The lowest BCUT2D eigenvalue weighted by molar-refractivity contribution is -0.536. The second-order valence-corrected chi connectivity index (χ2v) is 4.65. The molecule has 0 aliphatic carbocycles. The summed E-state index contributed by atoms with van der Waals surface area (Å²) in [6.45, 7) is 6.00. The minimum atomic E-state index is -7.75. The van der Waals surface area contributed by atoms with Crippen LogP contribution in [0.1, 0.15) is 0 Å². The number of halogens is 12. The normalized spacial score (nSPS) is 16.8. The van der Waals surface area contributed by atoms with Gasteiger partial charge in [-0.1, -0.05) is 3.89 Å². The summed E-state index contributed by atoms with van der Waals surface area (Å²) in [5, 5.41) is -7.23. The molecule has 17 heteroatoms. The van der Waals surface area contributed by atoms with E-state index in [4.69, 9.17) is 0 Å². The van der Waals surface area contributed by atoms with Crippen molar-refractivity contribution < 1.29 is 70.4 Å². The topological polar surface area (TPSA) is 52.6 Å². The van der Waals surface area contributed by atoms with E-state index in [2.05, 4.69) is 13.2 Å². The third-order valence-corrected chi connectivity index (χ3v) is 2.60. The summed E-state index contributed by atoms with van der Waals surface area (Å²) in [5.74, 6) is -7.30. The Balaban J connectivity index is 0. The fourth-order valence-corrected chi connectivity index (χ4v) is 1.04. The Hall–Kier alpha value is -1.23. The first kappa shape index (κ1) is 25.0. The zero-order valence-electron chi connectivity index (χ0n) is 10.5. The van der Waals surface area contributed by atoms with Crippen LogP contribution in [0, 0.1) is 0 Å². The molecule has 0 aliphatic rings. The second-order valence-electron chi connectivity index (χ2n) is 3.26. The van der Waals surface area contributed by atoms with Crippen LogP contribution in [0.15, 0.2) is 13.2 Å². The Morgan fingerprint density at radius 1 is 0.750 bits per heavy atom. The highest BCUT2D eigenvalue weighted by atomic mass is 32.3. The fourth-order valence-electron chi connectivity index (χ4n) is 0.710. The standard InChI is InChI=1S/C5F12O4S.C2H4/c6-1(2(7,8)9,3(10,11)21-16)20-4(12,13)5(14,15)22(17,18)19;1-2/h;1-2H2. The number of rotatable bonds is 6. The van der Waals surface area contributed by atoms with Crippen LogP contribution in [-0.4, -0.2) is 37.9 Å². The van der Waals surface area contributed by atoms with E-state index >= 15 is 0 Å². The lowest BCUT2D eigenvalue weighted by atomic mass is 10.2. The number of alkyl halides is 10. The van der Waals surface area contributed by atoms with Crippen molar-refractivity contribution in [1.29, 1.82) is 0 Å². The summed E-state index contributed by atoms with van der Waals surface area (Å²) in [6.07, 6.45) is -21.7. The molecule has 0 bridgehead atoms. The van der Waals surface area contributed by atoms with E-state index in [1.54, 1.807) is 0 Å². The molecule has 1 unspecified atom stereocenters. The first-order chi connectivity index (χ1) is 10.3. The molecule has 0 aromatic heterocycles. The van der Waals surface area contributed by atoms with Crippen LogP contribution in [0.2, 0.25) is 0 Å². The first-order valence-electron chi connectivity index (χ1n) is 4.60. The summed E-state index contributed by atoms with van der Waals surface area (Å²) in [5.41, 5.74) is 0. The van der Waals surface area contributed by atoms with Crippen molar-refractivity contribution in [3.05, 3.63) is 13.2 Å². The smallest absolute Gasteiger partial charge is 0.262 e. The van der Waals surface area contributed by atoms with Crippen LogP contribution in [0.3, 0.4) is 0 Å². The molecule has 4 nitrogen and oxygen atoms in total. The number of ether oxygens (including phenoxy) is 1. The molecule has 0 aromatic rings.